The first-order chi connectivity index (χ1) is 13.1. The maximum absolute atomic E-state index is 13.3. The van der Waals surface area contributed by atoms with E-state index in [4.69, 9.17) is 26.1 Å². The standard InChI is InChI=1S/C21H19ClN2O3/c1-26-13-7-9-18(19(11-13)27-2)24-21(25)20-14-4-3-5-16(14)23-17-8-6-12(22)10-15(17)20/h6-11H,3-5H2,1-2H3,(H,24,25). The number of nitrogens with zero attached hydrogens (tertiary/aromatic N) is 1. The minimum absolute atomic E-state index is 0.189. The van der Waals surface area contributed by atoms with Gasteiger partial charge >= 0.3 is 0 Å². The van der Waals surface area contributed by atoms with Crippen LogP contribution in [0.3, 0.4) is 0 Å². The van der Waals surface area contributed by atoms with Crippen molar-refractivity contribution >= 4 is 34.1 Å². The van der Waals surface area contributed by atoms with E-state index in [9.17, 15) is 4.79 Å². The van der Waals surface area contributed by atoms with Crippen LogP contribution in [0.4, 0.5) is 5.69 Å². The number of anilines is 1. The second-order valence-corrected chi connectivity index (χ2v) is 6.88. The van der Waals surface area contributed by atoms with E-state index in [1.807, 2.05) is 12.1 Å². The number of carbonyl (C=O) groups is 1. The number of methoxy groups -OCH3 is 2. The monoisotopic (exact) mass is 382 g/mol. The lowest BCUT2D eigenvalue weighted by Crippen LogP contribution is -2.16. The topological polar surface area (TPSA) is 60.5 Å². The van der Waals surface area contributed by atoms with E-state index in [0.29, 0.717) is 27.8 Å². The van der Waals surface area contributed by atoms with Gasteiger partial charge in [-0.3, -0.25) is 9.78 Å². The molecule has 2 aromatic carbocycles. The Morgan fingerprint density at radius 2 is 1.96 bits per heavy atom. The van der Waals surface area contributed by atoms with Crippen LogP contribution >= 0.6 is 11.6 Å². The smallest absolute Gasteiger partial charge is 0.256 e. The summed E-state index contributed by atoms with van der Waals surface area (Å²) in [4.78, 5) is 18.0. The molecule has 3 aromatic rings. The second kappa shape index (κ2) is 7.08. The highest BCUT2D eigenvalue weighted by atomic mass is 35.5. The molecule has 138 valence electrons. The van der Waals surface area contributed by atoms with Crippen LogP contribution < -0.4 is 14.8 Å². The molecule has 0 aliphatic heterocycles. The van der Waals surface area contributed by atoms with Gasteiger partial charge in [-0.15, -0.1) is 0 Å². The highest BCUT2D eigenvalue weighted by Gasteiger charge is 2.24. The number of nitrogens with one attached hydrogen (secondary N) is 1. The zero-order chi connectivity index (χ0) is 19.0. The fraction of sp³-hybridized carbons (Fsp3) is 0.238. The fourth-order valence-corrected chi connectivity index (χ4v) is 3.75. The summed E-state index contributed by atoms with van der Waals surface area (Å²) in [5.41, 5.74) is 4.02. The van der Waals surface area contributed by atoms with E-state index in [0.717, 1.165) is 41.4 Å². The van der Waals surface area contributed by atoms with E-state index < -0.39 is 0 Å². The summed E-state index contributed by atoms with van der Waals surface area (Å²) in [7, 11) is 3.15. The van der Waals surface area contributed by atoms with Crippen molar-refractivity contribution in [3.8, 4) is 11.5 Å². The van der Waals surface area contributed by atoms with Gasteiger partial charge in [0.25, 0.3) is 5.91 Å². The van der Waals surface area contributed by atoms with Crippen molar-refractivity contribution < 1.29 is 14.3 Å². The summed E-state index contributed by atoms with van der Waals surface area (Å²) >= 11 is 6.19. The highest BCUT2D eigenvalue weighted by Crippen LogP contribution is 2.34. The Morgan fingerprint density at radius 1 is 1.11 bits per heavy atom. The van der Waals surface area contributed by atoms with Gasteiger partial charge in [-0.25, -0.2) is 0 Å². The van der Waals surface area contributed by atoms with Crippen LogP contribution in [0.2, 0.25) is 5.02 Å². The molecule has 1 heterocycles. The maximum Gasteiger partial charge on any atom is 0.256 e. The molecule has 0 radical (unpaired) electrons. The van der Waals surface area contributed by atoms with Crippen LogP contribution in [-0.2, 0) is 12.8 Å². The minimum atomic E-state index is -0.189. The lowest BCUT2D eigenvalue weighted by atomic mass is 10.0. The molecule has 4 rings (SSSR count). The summed E-state index contributed by atoms with van der Waals surface area (Å²) in [6.45, 7) is 0. The number of benzene rings is 2. The van der Waals surface area contributed by atoms with Gasteiger partial charge in [0.05, 0.1) is 31.0 Å². The van der Waals surface area contributed by atoms with E-state index in [2.05, 4.69) is 5.32 Å². The number of rotatable bonds is 4. The summed E-state index contributed by atoms with van der Waals surface area (Å²) < 4.78 is 10.6. The molecule has 0 spiro atoms. The van der Waals surface area contributed by atoms with Gasteiger partial charge in [-0.1, -0.05) is 11.6 Å². The minimum Gasteiger partial charge on any atom is -0.497 e. The molecule has 1 aromatic heterocycles. The number of hydrogen-bond acceptors (Lipinski definition) is 4. The Hall–Kier alpha value is -2.79. The zero-order valence-electron chi connectivity index (χ0n) is 15.1. The van der Waals surface area contributed by atoms with E-state index in [1.54, 1.807) is 38.5 Å². The molecular weight excluding hydrogens is 364 g/mol. The summed E-state index contributed by atoms with van der Waals surface area (Å²) in [5.74, 6) is 1.01. The van der Waals surface area contributed by atoms with Crippen LogP contribution in [0, 0.1) is 0 Å². The van der Waals surface area contributed by atoms with Crippen LogP contribution in [0.1, 0.15) is 28.0 Å². The van der Waals surface area contributed by atoms with Gasteiger partial charge in [0.15, 0.2) is 0 Å². The van der Waals surface area contributed by atoms with E-state index in [-0.39, 0.29) is 5.91 Å². The Kier molecular flexibility index (Phi) is 4.62. The van der Waals surface area contributed by atoms with Gasteiger partial charge in [0.2, 0.25) is 0 Å². The van der Waals surface area contributed by atoms with Gasteiger partial charge in [0.1, 0.15) is 11.5 Å². The number of pyridine rings is 1. The molecule has 1 amide bonds. The number of carbonyl (C=O) groups excluding carboxylic acids is 1. The normalized spacial score (nSPS) is 12.7. The van der Waals surface area contributed by atoms with Crippen molar-refractivity contribution in [2.45, 2.75) is 19.3 Å². The van der Waals surface area contributed by atoms with Crippen molar-refractivity contribution in [1.82, 2.24) is 4.98 Å². The Morgan fingerprint density at radius 3 is 2.74 bits per heavy atom. The SMILES string of the molecule is COc1ccc(NC(=O)c2c3c(nc4ccc(Cl)cc24)CCC3)c(OC)c1. The number of amides is 1. The highest BCUT2D eigenvalue weighted by molar-refractivity contribution is 6.31. The maximum atomic E-state index is 13.3. The van der Waals surface area contributed by atoms with Crippen molar-refractivity contribution in [3.63, 3.8) is 0 Å². The number of halogens is 1. The molecule has 5 nitrogen and oxygen atoms in total. The predicted octanol–water partition coefficient (Wildman–Crippen LogP) is 4.65. The lowest BCUT2D eigenvalue weighted by molar-refractivity contribution is 0.102. The molecule has 0 atom stereocenters. The molecule has 6 heteroatoms. The quantitative estimate of drug-likeness (QED) is 0.713. The van der Waals surface area contributed by atoms with Crippen LogP contribution in [0.15, 0.2) is 36.4 Å². The van der Waals surface area contributed by atoms with Crippen molar-refractivity contribution in [1.29, 1.82) is 0 Å². The van der Waals surface area contributed by atoms with Crippen LogP contribution in [0.5, 0.6) is 11.5 Å². The predicted molar refractivity (Wildman–Crippen MR) is 106 cm³/mol. The average molecular weight is 383 g/mol. The number of ether oxygens (including phenoxy) is 2. The number of hydrogen-bond donors (Lipinski definition) is 1. The molecule has 0 bridgehead atoms. The molecule has 1 aliphatic rings. The molecule has 1 aliphatic carbocycles. The van der Waals surface area contributed by atoms with Gasteiger partial charge < -0.3 is 14.8 Å². The summed E-state index contributed by atoms with van der Waals surface area (Å²) in [6, 6.07) is 10.8. The molecule has 0 unspecified atom stereocenters. The van der Waals surface area contributed by atoms with Crippen molar-refractivity contribution in [2.24, 2.45) is 0 Å². The molecule has 0 saturated carbocycles. The van der Waals surface area contributed by atoms with Gasteiger partial charge in [-0.2, -0.15) is 0 Å². The third-order valence-electron chi connectivity index (χ3n) is 4.86. The summed E-state index contributed by atoms with van der Waals surface area (Å²) in [6.07, 6.45) is 2.73. The van der Waals surface area contributed by atoms with Crippen LogP contribution in [0.25, 0.3) is 10.9 Å². The number of aryl methyl sites for hydroxylation is 1. The van der Waals surface area contributed by atoms with E-state index >= 15 is 0 Å². The largest absolute Gasteiger partial charge is 0.497 e. The molecular formula is C21H19ClN2O3. The summed E-state index contributed by atoms with van der Waals surface area (Å²) in [5, 5.41) is 4.33. The van der Waals surface area contributed by atoms with Crippen molar-refractivity contribution in [2.75, 3.05) is 19.5 Å². The molecule has 27 heavy (non-hydrogen) atoms. The first kappa shape index (κ1) is 17.6. The second-order valence-electron chi connectivity index (χ2n) is 6.45. The Bertz CT molecular complexity index is 1050. The average Bonchev–Trinajstić information content (AvgIpc) is 3.14. The fourth-order valence-electron chi connectivity index (χ4n) is 3.58. The Labute approximate surface area is 162 Å². The number of aromatic nitrogens is 1. The van der Waals surface area contributed by atoms with Crippen LogP contribution in [-0.4, -0.2) is 25.1 Å². The number of fused-ring (bicyclic) bond motifs is 2. The van der Waals surface area contributed by atoms with E-state index in [1.165, 1.54) is 0 Å². The third-order valence-corrected chi connectivity index (χ3v) is 5.09. The first-order valence-electron chi connectivity index (χ1n) is 8.75. The third kappa shape index (κ3) is 3.19. The molecule has 0 fully saturated rings. The Balaban J connectivity index is 1.81. The van der Waals surface area contributed by atoms with Gasteiger partial charge in [-0.05, 0) is 55.2 Å². The lowest BCUT2D eigenvalue weighted by Gasteiger charge is -2.15. The first-order valence-corrected chi connectivity index (χ1v) is 9.13. The molecule has 1 N–H and O–H groups in total. The van der Waals surface area contributed by atoms with Gasteiger partial charge in [0, 0.05) is 22.2 Å². The molecule has 0 saturated heterocycles. The van der Waals surface area contributed by atoms with Crippen molar-refractivity contribution in [3.05, 3.63) is 58.2 Å². The zero-order valence-corrected chi connectivity index (χ0v) is 15.9.